The summed E-state index contributed by atoms with van der Waals surface area (Å²) in [5.41, 5.74) is 0.807. The number of rotatable bonds is 2. The Labute approximate surface area is 69.6 Å². The van der Waals surface area contributed by atoms with E-state index in [1.54, 1.807) is 6.07 Å². The maximum absolute atomic E-state index is 8.60. The second kappa shape index (κ2) is 3.60. The van der Waals surface area contributed by atoms with E-state index in [2.05, 4.69) is 4.98 Å². The minimum Gasteiger partial charge on any atom is -0.390 e. The summed E-state index contributed by atoms with van der Waals surface area (Å²) >= 11 is 0. The summed E-state index contributed by atoms with van der Waals surface area (Å²) in [7, 11) is 0. The summed E-state index contributed by atoms with van der Waals surface area (Å²) in [4.78, 5) is 3.82. The van der Waals surface area contributed by atoms with Crippen LogP contribution in [0.25, 0.3) is 0 Å². The molecular weight excluding hydrogens is 154 g/mol. The summed E-state index contributed by atoms with van der Waals surface area (Å²) in [6.45, 7) is -0.359. The second-order valence-electron chi connectivity index (χ2n) is 2.18. The number of nitriles is 1. The zero-order valence-corrected chi connectivity index (χ0v) is 6.28. The lowest BCUT2D eigenvalue weighted by Crippen LogP contribution is -2.06. The normalized spacial score (nSPS) is 9.00. The molecule has 12 heavy (non-hydrogen) atoms. The van der Waals surface area contributed by atoms with Crippen molar-refractivity contribution in [2.75, 3.05) is 6.61 Å². The number of hydrogen-bond acceptors (Lipinski definition) is 4. The van der Waals surface area contributed by atoms with Gasteiger partial charge in [-0.15, -0.1) is 0 Å². The third-order valence-corrected chi connectivity index (χ3v) is 1.36. The van der Waals surface area contributed by atoms with E-state index in [1.807, 2.05) is 6.07 Å². The van der Waals surface area contributed by atoms with Crippen molar-refractivity contribution in [1.82, 2.24) is 4.98 Å². The predicted molar refractivity (Wildman–Crippen MR) is 42.9 cm³/mol. The van der Waals surface area contributed by atoms with Crippen LogP contribution in [0.2, 0.25) is 0 Å². The van der Waals surface area contributed by atoms with Crippen LogP contribution in [0.1, 0.15) is 11.3 Å². The fraction of sp³-hybridized carbons (Fsp3) is 0.125. The largest absolute Gasteiger partial charge is 0.390 e. The molecular formula is C8H7N3O. The van der Waals surface area contributed by atoms with Crippen LogP contribution in [0.4, 0.5) is 0 Å². The van der Waals surface area contributed by atoms with Crippen LogP contribution in [-0.2, 0) is 0 Å². The molecule has 0 radical (unpaired) electrons. The van der Waals surface area contributed by atoms with Gasteiger partial charge < -0.3 is 10.5 Å². The number of aliphatic hydroxyl groups is 1. The van der Waals surface area contributed by atoms with Crippen molar-refractivity contribution in [3.63, 3.8) is 0 Å². The predicted octanol–water partition coefficient (Wildman–Crippen LogP) is 0.313. The Morgan fingerprint density at radius 1 is 1.75 bits per heavy atom. The van der Waals surface area contributed by atoms with Crippen LogP contribution >= 0.6 is 0 Å². The maximum atomic E-state index is 8.60. The number of nitrogens with zero attached hydrogens (tertiary/aromatic N) is 2. The quantitative estimate of drug-likeness (QED) is 0.612. The SMILES string of the molecule is N#Cc1ccnc(C(=N)CO)c1. The van der Waals surface area contributed by atoms with Gasteiger partial charge in [0.25, 0.3) is 0 Å². The molecule has 0 aromatic carbocycles. The molecule has 4 heteroatoms. The molecule has 0 aliphatic carbocycles. The molecule has 0 aliphatic rings. The Hall–Kier alpha value is -1.73. The van der Waals surface area contributed by atoms with E-state index >= 15 is 0 Å². The molecule has 0 bridgehead atoms. The summed E-state index contributed by atoms with van der Waals surface area (Å²) < 4.78 is 0. The number of aromatic nitrogens is 1. The molecule has 1 aromatic rings. The van der Waals surface area contributed by atoms with Gasteiger partial charge in [0.05, 0.1) is 29.6 Å². The van der Waals surface area contributed by atoms with Crippen LogP contribution in [0.5, 0.6) is 0 Å². The molecule has 0 spiro atoms. The van der Waals surface area contributed by atoms with Crippen LogP contribution in [0.3, 0.4) is 0 Å². The first-order chi connectivity index (χ1) is 5.77. The molecule has 4 nitrogen and oxygen atoms in total. The van der Waals surface area contributed by atoms with Gasteiger partial charge in [-0.25, -0.2) is 0 Å². The first-order valence-electron chi connectivity index (χ1n) is 3.32. The second-order valence-corrected chi connectivity index (χ2v) is 2.18. The van der Waals surface area contributed by atoms with Crippen molar-refractivity contribution in [2.24, 2.45) is 0 Å². The molecule has 0 unspecified atom stereocenters. The van der Waals surface area contributed by atoms with E-state index in [0.717, 1.165) is 0 Å². The Bertz CT molecular complexity index is 340. The highest BCUT2D eigenvalue weighted by Crippen LogP contribution is 2.00. The molecule has 0 atom stereocenters. The Morgan fingerprint density at radius 3 is 3.08 bits per heavy atom. The van der Waals surface area contributed by atoms with E-state index < -0.39 is 0 Å². The lowest BCUT2D eigenvalue weighted by Gasteiger charge is -1.97. The van der Waals surface area contributed by atoms with E-state index in [4.69, 9.17) is 15.8 Å². The van der Waals surface area contributed by atoms with Gasteiger partial charge in [-0.2, -0.15) is 5.26 Å². The maximum Gasteiger partial charge on any atom is 0.0992 e. The average molecular weight is 161 g/mol. The lowest BCUT2D eigenvalue weighted by molar-refractivity contribution is 0.357. The molecule has 0 fully saturated rings. The van der Waals surface area contributed by atoms with Gasteiger partial charge in [0.1, 0.15) is 0 Å². The van der Waals surface area contributed by atoms with Gasteiger partial charge in [0.15, 0.2) is 0 Å². The Kier molecular flexibility index (Phi) is 2.51. The van der Waals surface area contributed by atoms with Crippen LogP contribution in [0.15, 0.2) is 18.3 Å². The molecule has 1 aromatic heterocycles. The van der Waals surface area contributed by atoms with Gasteiger partial charge in [-0.1, -0.05) is 0 Å². The fourth-order valence-electron chi connectivity index (χ4n) is 0.746. The van der Waals surface area contributed by atoms with Crippen molar-refractivity contribution in [1.29, 1.82) is 10.7 Å². The van der Waals surface area contributed by atoms with Gasteiger partial charge >= 0.3 is 0 Å². The number of pyridine rings is 1. The Balaban J connectivity index is 3.04. The number of nitrogens with one attached hydrogen (secondary N) is 1. The zero-order chi connectivity index (χ0) is 8.97. The zero-order valence-electron chi connectivity index (χ0n) is 6.28. The summed E-state index contributed by atoms with van der Waals surface area (Å²) in [6, 6.07) is 4.95. The summed E-state index contributed by atoms with van der Waals surface area (Å²) in [5.74, 6) is 0. The van der Waals surface area contributed by atoms with Gasteiger partial charge in [-0.3, -0.25) is 4.98 Å². The Morgan fingerprint density at radius 2 is 2.50 bits per heavy atom. The van der Waals surface area contributed by atoms with Crippen LogP contribution in [-0.4, -0.2) is 22.4 Å². The highest BCUT2D eigenvalue weighted by Gasteiger charge is 2.01. The summed E-state index contributed by atoms with van der Waals surface area (Å²) in [6.07, 6.45) is 1.44. The first kappa shape index (κ1) is 8.37. The average Bonchev–Trinajstić information content (AvgIpc) is 2.17. The third-order valence-electron chi connectivity index (χ3n) is 1.36. The first-order valence-corrected chi connectivity index (χ1v) is 3.32. The van der Waals surface area contributed by atoms with Crippen molar-refractivity contribution in [2.45, 2.75) is 0 Å². The van der Waals surface area contributed by atoms with Crippen molar-refractivity contribution in [3.8, 4) is 6.07 Å². The standard InChI is InChI=1S/C8H7N3O/c9-4-6-1-2-11-8(3-6)7(10)5-12/h1-3,10,12H,5H2. The number of aliphatic hydroxyl groups excluding tert-OH is 1. The third kappa shape index (κ3) is 1.65. The molecule has 0 aliphatic heterocycles. The molecule has 1 heterocycles. The van der Waals surface area contributed by atoms with Gasteiger partial charge in [-0.05, 0) is 12.1 Å². The number of hydrogen-bond donors (Lipinski definition) is 2. The van der Waals surface area contributed by atoms with E-state index in [-0.39, 0.29) is 12.3 Å². The van der Waals surface area contributed by atoms with Crippen molar-refractivity contribution < 1.29 is 5.11 Å². The van der Waals surface area contributed by atoms with E-state index in [1.165, 1.54) is 12.3 Å². The van der Waals surface area contributed by atoms with E-state index in [0.29, 0.717) is 11.3 Å². The molecule has 0 saturated heterocycles. The highest BCUT2D eigenvalue weighted by atomic mass is 16.3. The molecule has 60 valence electrons. The molecule has 0 amide bonds. The minimum atomic E-state index is -0.359. The van der Waals surface area contributed by atoms with Crippen LogP contribution < -0.4 is 0 Å². The van der Waals surface area contributed by atoms with E-state index in [9.17, 15) is 0 Å². The smallest absolute Gasteiger partial charge is 0.0992 e. The molecule has 0 saturated carbocycles. The van der Waals surface area contributed by atoms with Crippen LogP contribution in [0, 0.1) is 16.7 Å². The monoisotopic (exact) mass is 161 g/mol. The molecule has 2 N–H and O–H groups in total. The lowest BCUT2D eigenvalue weighted by atomic mass is 10.2. The molecule has 1 rings (SSSR count). The van der Waals surface area contributed by atoms with Crippen molar-refractivity contribution >= 4 is 5.71 Å². The van der Waals surface area contributed by atoms with Gasteiger partial charge in [0.2, 0.25) is 0 Å². The minimum absolute atomic E-state index is 0.0205. The topological polar surface area (TPSA) is 80.8 Å². The fourth-order valence-corrected chi connectivity index (χ4v) is 0.746. The van der Waals surface area contributed by atoms with Crippen molar-refractivity contribution in [3.05, 3.63) is 29.6 Å². The van der Waals surface area contributed by atoms with Gasteiger partial charge in [0, 0.05) is 6.20 Å². The summed E-state index contributed by atoms with van der Waals surface area (Å²) in [5, 5.41) is 24.3. The highest BCUT2D eigenvalue weighted by molar-refractivity contribution is 5.97.